The summed E-state index contributed by atoms with van der Waals surface area (Å²) in [5.74, 6) is 0. The maximum atomic E-state index is 11.9. The molecule has 1 fully saturated rings. The molecule has 4 heteroatoms. The number of aryl methyl sites for hydroxylation is 2. The molecule has 110 valence electrons. The molecule has 0 spiro atoms. The minimum atomic E-state index is -0.951. The van der Waals surface area contributed by atoms with Gasteiger partial charge in [0.1, 0.15) is 11.2 Å². The van der Waals surface area contributed by atoms with Crippen molar-refractivity contribution < 1.29 is 14.6 Å². The third-order valence-corrected chi connectivity index (χ3v) is 3.32. The SMILES string of the molecule is Cc1cc(C)cc(C2(O)CN(C(=O)OC(C)(C)C)C2)c1. The summed E-state index contributed by atoms with van der Waals surface area (Å²) in [6, 6.07) is 6.01. The third-order valence-electron chi connectivity index (χ3n) is 3.32. The van der Waals surface area contributed by atoms with Crippen molar-refractivity contribution in [3.8, 4) is 0 Å². The molecule has 2 rings (SSSR count). The summed E-state index contributed by atoms with van der Waals surface area (Å²) < 4.78 is 5.29. The van der Waals surface area contributed by atoms with Crippen LogP contribution in [-0.4, -0.2) is 34.8 Å². The number of amides is 1. The molecule has 0 radical (unpaired) electrons. The minimum absolute atomic E-state index is 0.283. The van der Waals surface area contributed by atoms with Crippen LogP contribution in [0.3, 0.4) is 0 Å². The second-order valence-electron chi connectivity index (χ2n) is 6.74. The van der Waals surface area contributed by atoms with Crippen molar-refractivity contribution in [1.29, 1.82) is 0 Å². The van der Waals surface area contributed by atoms with Gasteiger partial charge in [0, 0.05) is 0 Å². The summed E-state index contributed by atoms with van der Waals surface area (Å²) >= 11 is 0. The van der Waals surface area contributed by atoms with Crippen LogP contribution in [0.1, 0.15) is 37.5 Å². The van der Waals surface area contributed by atoms with Crippen LogP contribution in [-0.2, 0) is 10.3 Å². The minimum Gasteiger partial charge on any atom is -0.444 e. The van der Waals surface area contributed by atoms with Gasteiger partial charge in [0.25, 0.3) is 0 Å². The van der Waals surface area contributed by atoms with Crippen LogP contribution in [0.4, 0.5) is 4.79 Å². The van der Waals surface area contributed by atoms with E-state index in [1.54, 1.807) is 0 Å². The zero-order valence-electron chi connectivity index (χ0n) is 12.9. The molecule has 0 aliphatic carbocycles. The molecular formula is C16H23NO3. The van der Waals surface area contributed by atoms with Gasteiger partial charge < -0.3 is 14.7 Å². The van der Waals surface area contributed by atoms with Gasteiger partial charge in [-0.2, -0.15) is 0 Å². The average molecular weight is 277 g/mol. The fourth-order valence-electron chi connectivity index (χ4n) is 2.47. The lowest BCUT2D eigenvalue weighted by atomic mass is 9.85. The molecule has 1 aliphatic rings. The smallest absolute Gasteiger partial charge is 0.410 e. The van der Waals surface area contributed by atoms with E-state index in [9.17, 15) is 9.90 Å². The third kappa shape index (κ3) is 3.12. The van der Waals surface area contributed by atoms with E-state index in [0.717, 1.165) is 16.7 Å². The van der Waals surface area contributed by atoms with Gasteiger partial charge in [-0.25, -0.2) is 4.79 Å². The van der Waals surface area contributed by atoms with Gasteiger partial charge in [0.2, 0.25) is 0 Å². The molecule has 0 unspecified atom stereocenters. The maximum Gasteiger partial charge on any atom is 0.410 e. The number of β-amino-alcohol motifs (C(OH)–C–C–N with tert-alkyl or cyclic N) is 1. The zero-order chi connectivity index (χ0) is 15.1. The highest BCUT2D eigenvalue weighted by atomic mass is 16.6. The zero-order valence-corrected chi connectivity index (χ0v) is 12.9. The highest BCUT2D eigenvalue weighted by Crippen LogP contribution is 2.33. The summed E-state index contributed by atoms with van der Waals surface area (Å²) in [7, 11) is 0. The van der Waals surface area contributed by atoms with E-state index < -0.39 is 11.2 Å². The first-order valence-electron chi connectivity index (χ1n) is 6.88. The highest BCUT2D eigenvalue weighted by Gasteiger charge is 2.46. The van der Waals surface area contributed by atoms with Crippen molar-refractivity contribution in [2.24, 2.45) is 0 Å². The molecule has 0 bridgehead atoms. The number of hydrogen-bond donors (Lipinski definition) is 1. The molecule has 1 amide bonds. The van der Waals surface area contributed by atoms with Gasteiger partial charge in [0.05, 0.1) is 13.1 Å². The lowest BCUT2D eigenvalue weighted by molar-refractivity contribution is -0.103. The summed E-state index contributed by atoms with van der Waals surface area (Å²) in [5.41, 5.74) is 1.64. The van der Waals surface area contributed by atoms with Gasteiger partial charge >= 0.3 is 6.09 Å². The number of likely N-dealkylation sites (tertiary alicyclic amines) is 1. The van der Waals surface area contributed by atoms with Crippen LogP contribution in [0.5, 0.6) is 0 Å². The first-order chi connectivity index (χ1) is 9.09. The largest absolute Gasteiger partial charge is 0.444 e. The normalized spacial score (nSPS) is 17.6. The van der Waals surface area contributed by atoms with Crippen LogP contribution in [0.2, 0.25) is 0 Å². The van der Waals surface area contributed by atoms with Crippen molar-refractivity contribution >= 4 is 6.09 Å². The van der Waals surface area contributed by atoms with E-state index in [1.807, 2.05) is 46.8 Å². The molecule has 4 nitrogen and oxygen atoms in total. The van der Waals surface area contributed by atoms with Gasteiger partial charge in [0.15, 0.2) is 0 Å². The van der Waals surface area contributed by atoms with E-state index >= 15 is 0 Å². The maximum absolute atomic E-state index is 11.9. The topological polar surface area (TPSA) is 49.8 Å². The fraction of sp³-hybridized carbons (Fsp3) is 0.562. The van der Waals surface area contributed by atoms with Crippen LogP contribution in [0.15, 0.2) is 18.2 Å². The Bertz CT molecular complexity index is 505. The van der Waals surface area contributed by atoms with Crippen molar-refractivity contribution in [1.82, 2.24) is 4.90 Å². The van der Waals surface area contributed by atoms with Crippen LogP contribution in [0, 0.1) is 13.8 Å². The highest BCUT2D eigenvalue weighted by molar-refractivity contribution is 5.70. The Morgan fingerprint density at radius 2 is 1.70 bits per heavy atom. The van der Waals surface area contributed by atoms with Gasteiger partial charge in [-0.3, -0.25) is 0 Å². The Morgan fingerprint density at radius 3 is 2.15 bits per heavy atom. The summed E-state index contributed by atoms with van der Waals surface area (Å²) in [6.45, 7) is 10.1. The van der Waals surface area contributed by atoms with Gasteiger partial charge in [-0.15, -0.1) is 0 Å². The van der Waals surface area contributed by atoms with E-state index in [-0.39, 0.29) is 19.2 Å². The molecular weight excluding hydrogens is 254 g/mol. The van der Waals surface area contributed by atoms with Crippen molar-refractivity contribution in [3.05, 3.63) is 34.9 Å². The van der Waals surface area contributed by atoms with Crippen LogP contribution in [0.25, 0.3) is 0 Å². The molecule has 20 heavy (non-hydrogen) atoms. The molecule has 1 N–H and O–H groups in total. The second-order valence-corrected chi connectivity index (χ2v) is 6.74. The Hall–Kier alpha value is -1.55. The molecule has 0 saturated carbocycles. The molecule has 1 heterocycles. The summed E-state index contributed by atoms with van der Waals surface area (Å²) in [6.07, 6.45) is -0.369. The predicted molar refractivity (Wildman–Crippen MR) is 77.6 cm³/mol. The number of nitrogens with zero attached hydrogens (tertiary/aromatic N) is 1. The summed E-state index contributed by atoms with van der Waals surface area (Å²) in [5, 5.41) is 10.6. The Labute approximate surface area is 120 Å². The lowest BCUT2D eigenvalue weighted by Gasteiger charge is -2.46. The number of ether oxygens (including phenoxy) is 1. The number of aliphatic hydroxyl groups is 1. The first kappa shape index (κ1) is 14.9. The number of hydrogen-bond acceptors (Lipinski definition) is 3. The summed E-state index contributed by atoms with van der Waals surface area (Å²) in [4.78, 5) is 13.4. The Morgan fingerprint density at radius 1 is 1.20 bits per heavy atom. The van der Waals surface area contributed by atoms with Gasteiger partial charge in [-0.1, -0.05) is 29.3 Å². The molecule has 1 aromatic rings. The number of carbonyl (C=O) groups is 1. The average Bonchev–Trinajstić information content (AvgIpc) is 2.20. The lowest BCUT2D eigenvalue weighted by Crippen LogP contribution is -2.61. The molecule has 1 aromatic carbocycles. The van der Waals surface area contributed by atoms with Crippen LogP contribution < -0.4 is 0 Å². The van der Waals surface area contributed by atoms with Crippen LogP contribution >= 0.6 is 0 Å². The molecule has 0 atom stereocenters. The number of benzene rings is 1. The monoisotopic (exact) mass is 277 g/mol. The number of carbonyl (C=O) groups excluding carboxylic acids is 1. The number of rotatable bonds is 1. The predicted octanol–water partition coefficient (Wildman–Crippen LogP) is 2.74. The van der Waals surface area contributed by atoms with E-state index in [0.29, 0.717) is 0 Å². The fourth-order valence-corrected chi connectivity index (χ4v) is 2.47. The molecule has 1 aliphatic heterocycles. The quantitative estimate of drug-likeness (QED) is 0.858. The van der Waals surface area contributed by atoms with Crippen molar-refractivity contribution in [2.45, 2.75) is 45.8 Å². The van der Waals surface area contributed by atoms with E-state index in [4.69, 9.17) is 4.74 Å². The molecule has 0 aromatic heterocycles. The van der Waals surface area contributed by atoms with E-state index in [1.165, 1.54) is 4.90 Å². The molecule has 1 saturated heterocycles. The Kier molecular flexibility index (Phi) is 3.54. The first-order valence-corrected chi connectivity index (χ1v) is 6.88. The van der Waals surface area contributed by atoms with Crippen molar-refractivity contribution in [2.75, 3.05) is 13.1 Å². The second kappa shape index (κ2) is 4.77. The standard InChI is InChI=1S/C16H23NO3/c1-11-6-12(2)8-13(7-11)16(19)9-17(10-16)14(18)20-15(3,4)5/h6-8,19H,9-10H2,1-5H3. The van der Waals surface area contributed by atoms with E-state index in [2.05, 4.69) is 6.07 Å². The Balaban J connectivity index is 2.05. The van der Waals surface area contributed by atoms with Gasteiger partial charge in [-0.05, 0) is 40.2 Å². The van der Waals surface area contributed by atoms with Crippen molar-refractivity contribution in [3.63, 3.8) is 0 Å².